The predicted molar refractivity (Wildman–Crippen MR) is 139 cm³/mol. The first-order valence-electron chi connectivity index (χ1n) is 11.6. The minimum absolute atomic E-state index is 0.0608. The number of rotatable bonds is 7. The monoisotopic (exact) mass is 519 g/mol. The van der Waals surface area contributed by atoms with E-state index in [1.807, 2.05) is 6.92 Å². The molecular formula is C27H23ClFN5O3. The van der Waals surface area contributed by atoms with Crippen LogP contribution in [0, 0.1) is 5.82 Å². The summed E-state index contributed by atoms with van der Waals surface area (Å²) in [6.07, 6.45) is 7.50. The number of anilines is 2. The molecule has 2 aromatic heterocycles. The first kappa shape index (κ1) is 24.3. The molecule has 0 fully saturated rings. The van der Waals surface area contributed by atoms with Gasteiger partial charge in [0.15, 0.2) is 6.73 Å². The van der Waals surface area contributed by atoms with Crippen molar-refractivity contribution in [3.05, 3.63) is 102 Å². The van der Waals surface area contributed by atoms with Gasteiger partial charge in [-0.05, 0) is 61.0 Å². The number of carbonyl (C=O) groups is 2. The first-order valence-corrected chi connectivity index (χ1v) is 12.0. The fourth-order valence-corrected chi connectivity index (χ4v) is 4.29. The fourth-order valence-electron chi connectivity index (χ4n) is 4.04. The Balaban J connectivity index is 1.19. The highest BCUT2D eigenvalue weighted by Gasteiger charge is 2.21. The Kier molecular flexibility index (Phi) is 6.78. The second-order valence-corrected chi connectivity index (χ2v) is 8.73. The molecular weight excluding hydrogens is 497 g/mol. The van der Waals surface area contributed by atoms with Crippen LogP contribution < -0.4 is 19.9 Å². The highest BCUT2D eigenvalue weighted by Crippen LogP contribution is 2.25. The van der Waals surface area contributed by atoms with E-state index in [9.17, 15) is 14.0 Å². The molecule has 188 valence electrons. The Morgan fingerprint density at radius 1 is 1.11 bits per heavy atom. The van der Waals surface area contributed by atoms with Crippen LogP contribution in [0.4, 0.5) is 15.8 Å². The summed E-state index contributed by atoms with van der Waals surface area (Å²) in [5.74, 6) is -0.297. The van der Waals surface area contributed by atoms with Crippen LogP contribution in [0.1, 0.15) is 23.0 Å². The normalized spacial score (nSPS) is 13.3. The second-order valence-electron chi connectivity index (χ2n) is 8.33. The number of halogens is 2. The summed E-state index contributed by atoms with van der Waals surface area (Å²) in [6.45, 7) is 2.06. The Morgan fingerprint density at radius 2 is 1.84 bits per heavy atom. The third-order valence-electron chi connectivity index (χ3n) is 6.00. The first-order chi connectivity index (χ1) is 17.9. The zero-order valence-corrected chi connectivity index (χ0v) is 20.7. The third kappa shape index (κ3) is 5.12. The number of aromatic nitrogens is 2. The third-order valence-corrected chi connectivity index (χ3v) is 6.30. The molecule has 0 radical (unpaired) electrons. The number of hydrogen-bond donors (Lipinski definition) is 1. The minimum atomic E-state index is -0.359. The van der Waals surface area contributed by atoms with Crippen LogP contribution in [0.5, 0.6) is 5.75 Å². The summed E-state index contributed by atoms with van der Waals surface area (Å²) < 4.78 is 20.6. The lowest BCUT2D eigenvalue weighted by molar-refractivity contribution is -0.116. The van der Waals surface area contributed by atoms with Gasteiger partial charge in [-0.3, -0.25) is 14.5 Å². The Bertz CT molecular complexity index is 1480. The lowest BCUT2D eigenvalue weighted by Crippen LogP contribution is -2.40. The summed E-state index contributed by atoms with van der Waals surface area (Å²) in [7, 11) is 0. The molecule has 0 atom stereocenters. The van der Waals surface area contributed by atoms with E-state index >= 15 is 0 Å². The maximum Gasteiger partial charge on any atom is 0.255 e. The molecule has 0 unspecified atom stereocenters. The maximum absolute atomic E-state index is 13.2. The molecule has 2 aromatic carbocycles. The van der Waals surface area contributed by atoms with E-state index < -0.39 is 0 Å². The number of pyridine rings is 1. The Morgan fingerprint density at radius 3 is 2.54 bits per heavy atom. The summed E-state index contributed by atoms with van der Waals surface area (Å²) in [6, 6.07) is 14.6. The standard InChI is InChI=1S/C27H23ClFN5O3/c1-2-24-25-13-22(23(28)14-33(25)16-30-24)27(36)31-17-37-21-9-7-20(8-10-21)34-12-11-32(15-26(34)35)19-5-3-18(29)4-6-19/h3-14,16H,2,15,17H2,1H3,(H,31,36). The van der Waals surface area contributed by atoms with Gasteiger partial charge in [-0.2, -0.15) is 0 Å². The minimum Gasteiger partial charge on any atom is -0.473 e. The van der Waals surface area contributed by atoms with Crippen LogP contribution in [0.25, 0.3) is 5.52 Å². The number of hydrogen-bond acceptors (Lipinski definition) is 5. The van der Waals surface area contributed by atoms with Crippen molar-refractivity contribution in [3.8, 4) is 5.75 Å². The van der Waals surface area contributed by atoms with Gasteiger partial charge < -0.3 is 19.4 Å². The van der Waals surface area contributed by atoms with Crippen molar-refractivity contribution in [2.24, 2.45) is 0 Å². The van der Waals surface area contributed by atoms with Crippen molar-refractivity contribution in [3.63, 3.8) is 0 Å². The smallest absolute Gasteiger partial charge is 0.255 e. The highest BCUT2D eigenvalue weighted by atomic mass is 35.5. The lowest BCUT2D eigenvalue weighted by atomic mass is 10.2. The average Bonchev–Trinajstić information content (AvgIpc) is 3.30. The van der Waals surface area contributed by atoms with Gasteiger partial charge in [0, 0.05) is 30.0 Å². The van der Waals surface area contributed by atoms with Gasteiger partial charge in [0.1, 0.15) is 18.1 Å². The molecule has 3 heterocycles. The van der Waals surface area contributed by atoms with Crippen LogP contribution >= 0.6 is 11.6 Å². The van der Waals surface area contributed by atoms with Crippen LogP contribution in [0.3, 0.4) is 0 Å². The summed E-state index contributed by atoms with van der Waals surface area (Å²) in [4.78, 5) is 33.0. The summed E-state index contributed by atoms with van der Waals surface area (Å²) in [5, 5.41) is 3.02. The van der Waals surface area contributed by atoms with E-state index in [0.717, 1.165) is 23.3 Å². The molecule has 0 saturated carbocycles. The largest absolute Gasteiger partial charge is 0.473 e. The van der Waals surface area contributed by atoms with Crippen molar-refractivity contribution in [1.82, 2.24) is 14.7 Å². The van der Waals surface area contributed by atoms with Crippen LogP contribution in [-0.2, 0) is 11.2 Å². The summed E-state index contributed by atoms with van der Waals surface area (Å²) >= 11 is 6.29. The van der Waals surface area contributed by atoms with Gasteiger partial charge in [-0.25, -0.2) is 9.37 Å². The second kappa shape index (κ2) is 10.3. The molecule has 37 heavy (non-hydrogen) atoms. The molecule has 5 rings (SSSR count). The van der Waals surface area contributed by atoms with Crippen LogP contribution in [0.2, 0.25) is 5.02 Å². The van der Waals surface area contributed by atoms with Crippen molar-refractivity contribution in [2.45, 2.75) is 13.3 Å². The van der Waals surface area contributed by atoms with Gasteiger partial charge in [0.05, 0.1) is 28.1 Å². The van der Waals surface area contributed by atoms with Gasteiger partial charge in [0.2, 0.25) is 0 Å². The molecule has 2 amide bonds. The molecule has 1 aliphatic rings. The molecule has 1 N–H and O–H groups in total. The van der Waals surface area contributed by atoms with Crippen molar-refractivity contribution in [1.29, 1.82) is 0 Å². The number of aryl methyl sites for hydroxylation is 1. The van der Waals surface area contributed by atoms with Crippen molar-refractivity contribution < 1.29 is 18.7 Å². The topological polar surface area (TPSA) is 79.2 Å². The number of carbonyl (C=O) groups excluding carboxylic acids is 2. The van der Waals surface area contributed by atoms with Gasteiger partial charge in [-0.1, -0.05) is 18.5 Å². The number of nitrogens with zero attached hydrogens (tertiary/aromatic N) is 4. The fraction of sp³-hybridized carbons (Fsp3) is 0.148. The lowest BCUT2D eigenvalue weighted by Gasteiger charge is -2.29. The highest BCUT2D eigenvalue weighted by molar-refractivity contribution is 6.33. The number of amides is 2. The van der Waals surface area contributed by atoms with Crippen molar-refractivity contribution in [2.75, 3.05) is 23.1 Å². The molecule has 0 saturated heterocycles. The SMILES string of the molecule is CCc1ncn2cc(Cl)c(C(=O)NCOc3ccc(N4C=CN(c5ccc(F)cc5)CC4=O)cc3)cc12. The molecule has 1 aliphatic heterocycles. The number of ether oxygens (including phenoxy) is 1. The molecule has 4 aromatic rings. The van der Waals surface area contributed by atoms with E-state index in [2.05, 4.69) is 10.3 Å². The Hall–Kier alpha value is -4.37. The molecule has 0 spiro atoms. The zero-order valence-electron chi connectivity index (χ0n) is 19.9. The molecule has 8 nitrogen and oxygen atoms in total. The van der Waals surface area contributed by atoms with Crippen molar-refractivity contribution >= 4 is 40.3 Å². The molecule has 0 aliphatic carbocycles. The van der Waals surface area contributed by atoms with Crippen LogP contribution in [-0.4, -0.2) is 34.5 Å². The van der Waals surface area contributed by atoms with E-state index in [0.29, 0.717) is 22.0 Å². The van der Waals surface area contributed by atoms with Gasteiger partial charge in [-0.15, -0.1) is 0 Å². The summed E-state index contributed by atoms with van der Waals surface area (Å²) in [5.41, 5.74) is 3.45. The zero-order chi connectivity index (χ0) is 25.9. The number of nitrogens with one attached hydrogen (secondary N) is 1. The van der Waals surface area contributed by atoms with E-state index in [-0.39, 0.29) is 30.9 Å². The number of imidazole rings is 1. The molecule has 0 bridgehead atoms. The number of fused-ring (bicyclic) bond motifs is 1. The predicted octanol–water partition coefficient (Wildman–Crippen LogP) is 4.78. The average molecular weight is 520 g/mol. The van der Waals surface area contributed by atoms with Gasteiger partial charge >= 0.3 is 0 Å². The van der Waals surface area contributed by atoms with E-state index in [1.54, 1.807) is 76.7 Å². The maximum atomic E-state index is 13.2. The number of benzene rings is 2. The molecule has 10 heteroatoms. The van der Waals surface area contributed by atoms with E-state index in [1.165, 1.54) is 17.0 Å². The van der Waals surface area contributed by atoms with Crippen LogP contribution in [0.15, 0.2) is 79.5 Å². The quantitative estimate of drug-likeness (QED) is 0.355. The van der Waals surface area contributed by atoms with E-state index in [4.69, 9.17) is 16.3 Å². The Labute approximate surface area is 217 Å². The van der Waals surface area contributed by atoms with Gasteiger partial charge in [0.25, 0.3) is 11.8 Å².